The molecule has 2 nitrogen and oxygen atoms in total. The smallest absolute Gasteiger partial charge is 0.452 e. The van der Waals surface area contributed by atoms with E-state index in [0.717, 1.165) is 6.92 Å². The van der Waals surface area contributed by atoms with Crippen LogP contribution in [0.3, 0.4) is 0 Å². The number of esters is 1. The summed E-state index contributed by atoms with van der Waals surface area (Å²) in [6.07, 6.45) is 8.71. The summed E-state index contributed by atoms with van der Waals surface area (Å²) in [5, 5.41) is 0. The van der Waals surface area contributed by atoms with E-state index < -0.39 is 18.2 Å². The number of carbonyl (C=O) groups excluding carboxylic acids is 1. The Kier molecular flexibility index (Phi) is 9.56. The normalized spacial score (nSPS) is 20.6. The average molecular weight is 326 g/mol. The van der Waals surface area contributed by atoms with Gasteiger partial charge < -0.3 is 4.74 Å². The van der Waals surface area contributed by atoms with Crippen LogP contribution in [0.25, 0.3) is 0 Å². The topological polar surface area (TPSA) is 26.3 Å². The van der Waals surface area contributed by atoms with E-state index in [1.54, 1.807) is 0 Å². The molecule has 0 saturated heterocycles. The zero-order chi connectivity index (χ0) is 14.3. The zero-order valence-corrected chi connectivity index (χ0v) is 11.7. The van der Waals surface area contributed by atoms with Gasteiger partial charge >= 0.3 is 29.2 Å². The Labute approximate surface area is 129 Å². The van der Waals surface area contributed by atoms with Crippen LogP contribution in [-0.4, -0.2) is 18.2 Å². The van der Waals surface area contributed by atoms with Crippen LogP contribution in [0.1, 0.15) is 6.92 Å². The Balaban J connectivity index is 0.000000507. The first kappa shape index (κ1) is 19.8. The largest absolute Gasteiger partial charge is 2.00 e. The van der Waals surface area contributed by atoms with Crippen molar-refractivity contribution in [1.82, 2.24) is 0 Å². The van der Waals surface area contributed by atoms with Crippen LogP contribution in [0.4, 0.5) is 13.2 Å². The van der Waals surface area contributed by atoms with Crippen LogP contribution < -0.4 is 0 Å². The van der Waals surface area contributed by atoms with Crippen molar-refractivity contribution in [2.75, 3.05) is 0 Å². The summed E-state index contributed by atoms with van der Waals surface area (Å²) < 4.78 is 41.3. The van der Waals surface area contributed by atoms with Crippen molar-refractivity contribution in [2.45, 2.75) is 19.2 Å². The summed E-state index contributed by atoms with van der Waals surface area (Å²) in [6, 6.07) is 0. The molecule has 2 aliphatic rings. The predicted octanol–water partition coefficient (Wildman–Crippen LogP) is 2.90. The van der Waals surface area contributed by atoms with Crippen molar-refractivity contribution in [3.8, 4) is 0 Å². The van der Waals surface area contributed by atoms with E-state index in [0.29, 0.717) is 0 Å². The third-order valence-corrected chi connectivity index (χ3v) is 2.13. The van der Waals surface area contributed by atoms with Crippen molar-refractivity contribution in [3.63, 3.8) is 0 Å². The van der Waals surface area contributed by atoms with Crippen LogP contribution in [0.5, 0.6) is 0 Å². The van der Waals surface area contributed by atoms with Gasteiger partial charge in [-0.15, -0.1) is 0 Å². The van der Waals surface area contributed by atoms with Crippen LogP contribution >= 0.6 is 0 Å². The van der Waals surface area contributed by atoms with Gasteiger partial charge in [-0.3, -0.25) is 4.79 Å². The van der Waals surface area contributed by atoms with Crippen molar-refractivity contribution in [1.29, 1.82) is 0 Å². The SMILES string of the molecule is CC(=O)O[C@@H]([C]1[CH][CH][CH][CH]1)C(F)(F)F.[CH]1[CH][CH][CH][CH]1.[Fe+2]. The fourth-order valence-electron chi connectivity index (χ4n) is 1.37. The summed E-state index contributed by atoms with van der Waals surface area (Å²) in [6.45, 7) is 0.946. The Morgan fingerprint density at radius 1 is 1.00 bits per heavy atom. The van der Waals surface area contributed by atoms with Gasteiger partial charge in [-0.25, -0.2) is 0 Å². The number of carbonyl (C=O) groups is 1. The predicted molar refractivity (Wildman–Crippen MR) is 63.6 cm³/mol. The van der Waals surface area contributed by atoms with Gasteiger partial charge in [-0.1, -0.05) is 0 Å². The van der Waals surface area contributed by atoms with Crippen molar-refractivity contribution < 1.29 is 39.8 Å². The first-order chi connectivity index (χ1) is 8.91. The molecule has 0 aliphatic heterocycles. The van der Waals surface area contributed by atoms with Crippen molar-refractivity contribution in [2.24, 2.45) is 0 Å². The molecule has 0 aromatic carbocycles. The molecule has 2 rings (SSSR count). The Hall–Kier alpha value is -0.221. The number of hydrogen-bond acceptors (Lipinski definition) is 2. The summed E-state index contributed by atoms with van der Waals surface area (Å²) in [4.78, 5) is 10.5. The number of halogens is 3. The molecule has 0 heterocycles. The second kappa shape index (κ2) is 9.67. The molecule has 0 aromatic rings. The van der Waals surface area contributed by atoms with Gasteiger partial charge in [0, 0.05) is 12.8 Å². The molecule has 2 saturated carbocycles. The Morgan fingerprint density at radius 2 is 1.40 bits per heavy atom. The number of ether oxygens (including phenoxy) is 1. The zero-order valence-electron chi connectivity index (χ0n) is 10.6. The van der Waals surface area contributed by atoms with Crippen LogP contribution in [0, 0.1) is 63.7 Å². The average Bonchev–Trinajstić information content (AvgIpc) is 3.00. The molecule has 20 heavy (non-hydrogen) atoms. The molecule has 0 aromatic heterocycles. The molecule has 0 N–H and O–H groups in total. The molecule has 6 heteroatoms. The third kappa shape index (κ3) is 7.53. The van der Waals surface area contributed by atoms with Crippen molar-refractivity contribution >= 4 is 5.97 Å². The summed E-state index contributed by atoms with van der Waals surface area (Å²) in [7, 11) is 0. The maximum Gasteiger partial charge on any atom is 2.00 e. The minimum absolute atomic E-state index is 0. The summed E-state index contributed by atoms with van der Waals surface area (Å²) in [5.74, 6) is -1.01. The van der Waals surface area contributed by atoms with Gasteiger partial charge in [0.25, 0.3) is 0 Å². The summed E-state index contributed by atoms with van der Waals surface area (Å²) in [5.41, 5.74) is 0. The standard InChI is InChI=1S/C9H8F3O2.C5H5.Fe/c1-6(13)14-8(9(10,11)12)7-4-2-3-5-7;1-2-4-5-3-1;/h2-5,8H,1H3;1-5H;/q;;+2/t8-;;/m0../s1. The number of rotatable bonds is 2. The van der Waals surface area contributed by atoms with Crippen LogP contribution in [0.2, 0.25) is 0 Å². The van der Waals surface area contributed by atoms with E-state index in [1.165, 1.54) is 25.7 Å². The molecule has 2 fully saturated rings. The van der Waals surface area contributed by atoms with Gasteiger partial charge in [0.15, 0.2) is 0 Å². The first-order valence-corrected chi connectivity index (χ1v) is 5.53. The van der Waals surface area contributed by atoms with Gasteiger partial charge in [-0.05, 0) is 57.8 Å². The molecule has 0 amide bonds. The maximum absolute atomic E-state index is 12.4. The molecule has 0 bridgehead atoms. The van der Waals surface area contributed by atoms with Crippen LogP contribution in [-0.2, 0) is 26.6 Å². The molecular formula is C14H13F3FeO2+2. The van der Waals surface area contributed by atoms with E-state index in [-0.39, 0.29) is 23.0 Å². The Bertz CT molecular complexity index is 264. The van der Waals surface area contributed by atoms with Crippen LogP contribution in [0.15, 0.2) is 0 Å². The second-order valence-corrected chi connectivity index (χ2v) is 3.71. The number of alkyl halides is 3. The van der Waals surface area contributed by atoms with Gasteiger partial charge in [0.05, 0.1) is 0 Å². The van der Waals surface area contributed by atoms with E-state index in [4.69, 9.17) is 0 Å². The third-order valence-electron chi connectivity index (χ3n) is 2.13. The van der Waals surface area contributed by atoms with E-state index in [2.05, 4.69) is 4.74 Å². The molecule has 0 unspecified atom stereocenters. The minimum atomic E-state index is -4.57. The van der Waals surface area contributed by atoms with Gasteiger partial charge in [0.2, 0.25) is 6.10 Å². The van der Waals surface area contributed by atoms with Gasteiger partial charge in [0.1, 0.15) is 0 Å². The quantitative estimate of drug-likeness (QED) is 0.576. The molecule has 0 spiro atoms. The number of hydrogen-bond donors (Lipinski definition) is 0. The van der Waals surface area contributed by atoms with E-state index in [1.807, 2.05) is 32.1 Å². The monoisotopic (exact) mass is 326 g/mol. The fraction of sp³-hybridized carbons (Fsp3) is 0.214. The van der Waals surface area contributed by atoms with E-state index >= 15 is 0 Å². The first-order valence-electron chi connectivity index (χ1n) is 5.53. The second-order valence-electron chi connectivity index (χ2n) is 3.71. The fourth-order valence-corrected chi connectivity index (χ4v) is 1.37. The molecule has 2 aliphatic carbocycles. The minimum Gasteiger partial charge on any atom is -0.452 e. The molecule has 1 atom stereocenters. The van der Waals surface area contributed by atoms with Gasteiger partial charge in [-0.2, -0.15) is 13.2 Å². The molecule has 10 radical (unpaired) electrons. The summed E-state index contributed by atoms with van der Waals surface area (Å²) >= 11 is 0. The molecular weight excluding hydrogens is 313 g/mol. The maximum atomic E-state index is 12.4. The van der Waals surface area contributed by atoms with Crippen molar-refractivity contribution in [3.05, 3.63) is 63.7 Å². The Morgan fingerprint density at radius 3 is 1.70 bits per heavy atom. The molecule has 108 valence electrons. The van der Waals surface area contributed by atoms with E-state index in [9.17, 15) is 18.0 Å².